The number of hydrogen-bond donors (Lipinski definition) is 2. The van der Waals surface area contributed by atoms with Gasteiger partial charge in [-0.25, -0.2) is 14.8 Å². The molecule has 5 rings (SSSR count). The topological polar surface area (TPSA) is 104 Å². The van der Waals surface area contributed by atoms with Crippen LogP contribution in [0.2, 0.25) is 0 Å². The zero-order chi connectivity index (χ0) is 24.7. The third kappa shape index (κ3) is 4.30. The Kier molecular flexibility index (Phi) is 5.43. The quantitative estimate of drug-likeness (QED) is 0.415. The van der Waals surface area contributed by atoms with Crippen LogP contribution in [0, 0.1) is 0 Å². The summed E-state index contributed by atoms with van der Waals surface area (Å²) in [6.07, 6.45) is 0.958. The van der Waals surface area contributed by atoms with E-state index < -0.39 is 11.7 Å². The maximum Gasteiger partial charge on any atom is 0.408 e. The summed E-state index contributed by atoms with van der Waals surface area (Å²) in [5.41, 5.74) is 9.83. The Morgan fingerprint density at radius 3 is 2.46 bits per heavy atom. The van der Waals surface area contributed by atoms with E-state index in [0.717, 1.165) is 33.5 Å². The van der Waals surface area contributed by atoms with Crippen LogP contribution in [0.5, 0.6) is 11.5 Å². The summed E-state index contributed by atoms with van der Waals surface area (Å²) >= 11 is 0. The highest BCUT2D eigenvalue weighted by molar-refractivity contribution is 6.07. The fraction of sp³-hybridized carbons (Fsp3) is 0.222. The number of hydrogen-bond acceptors (Lipinski definition) is 6. The lowest BCUT2D eigenvalue weighted by Crippen LogP contribution is -2.39. The van der Waals surface area contributed by atoms with Crippen LogP contribution in [-0.4, -0.2) is 32.3 Å². The Morgan fingerprint density at radius 1 is 1.09 bits per heavy atom. The summed E-state index contributed by atoms with van der Waals surface area (Å²) in [7, 11) is 0. The molecular formula is C27H27N5O3. The molecule has 0 spiro atoms. The van der Waals surface area contributed by atoms with Crippen molar-refractivity contribution < 1.29 is 14.3 Å². The van der Waals surface area contributed by atoms with Gasteiger partial charge in [0, 0.05) is 12.1 Å². The van der Waals surface area contributed by atoms with E-state index in [1.165, 1.54) is 6.33 Å². The molecule has 178 valence electrons. The Balaban J connectivity index is 1.51. The van der Waals surface area contributed by atoms with Gasteiger partial charge in [0.25, 0.3) is 0 Å². The van der Waals surface area contributed by atoms with Crippen molar-refractivity contribution in [3.63, 3.8) is 0 Å². The molecule has 0 fully saturated rings. The Morgan fingerprint density at radius 2 is 1.77 bits per heavy atom. The number of nitrogen functional groups attached to an aromatic ring is 1. The number of fused-ring (bicyclic) bond motifs is 3. The van der Waals surface area contributed by atoms with Crippen molar-refractivity contribution in [2.45, 2.75) is 39.0 Å². The van der Waals surface area contributed by atoms with E-state index in [4.69, 9.17) is 15.2 Å². The van der Waals surface area contributed by atoms with Crippen molar-refractivity contribution >= 4 is 28.5 Å². The molecule has 0 radical (unpaired) electrons. The van der Waals surface area contributed by atoms with E-state index in [1.807, 2.05) is 79.9 Å². The predicted octanol–water partition coefficient (Wildman–Crippen LogP) is 5.39. The van der Waals surface area contributed by atoms with Crippen molar-refractivity contribution in [3.05, 3.63) is 73.2 Å². The van der Waals surface area contributed by atoms with Crippen LogP contribution < -0.4 is 15.8 Å². The van der Waals surface area contributed by atoms with Gasteiger partial charge >= 0.3 is 6.09 Å². The standard InChI is InChI=1S/C27H27N5O3/c1-16-20(31-26(33)35-27(2,3)4)14-32-23(16)21(22-24(28)29-15-30-25(22)32)17-10-12-19(13-11-17)34-18-8-6-5-7-9-18/h5-13,15,20H,1,14H2,2-4H3,(H,31,33)(H2,28,29,30). The molecule has 0 aliphatic carbocycles. The molecule has 4 aromatic rings. The first-order valence-electron chi connectivity index (χ1n) is 11.4. The van der Waals surface area contributed by atoms with Crippen molar-refractivity contribution in [2.75, 3.05) is 5.73 Å². The van der Waals surface area contributed by atoms with Gasteiger partial charge in [-0.15, -0.1) is 0 Å². The number of alkyl carbamates (subject to hydrolysis) is 1. The van der Waals surface area contributed by atoms with Crippen LogP contribution in [0.1, 0.15) is 26.5 Å². The van der Waals surface area contributed by atoms with Crippen LogP contribution in [0.15, 0.2) is 67.5 Å². The number of para-hydroxylation sites is 1. The molecule has 1 unspecified atom stereocenters. The van der Waals surface area contributed by atoms with Crippen molar-refractivity contribution in [1.29, 1.82) is 0 Å². The number of nitrogens with zero attached hydrogens (tertiary/aromatic N) is 3. The first kappa shape index (κ1) is 22.5. The van der Waals surface area contributed by atoms with Crippen LogP contribution in [-0.2, 0) is 11.3 Å². The average molecular weight is 470 g/mol. The van der Waals surface area contributed by atoms with E-state index in [0.29, 0.717) is 23.8 Å². The highest BCUT2D eigenvalue weighted by Gasteiger charge is 2.35. The molecule has 1 aliphatic heterocycles. The van der Waals surface area contributed by atoms with Crippen LogP contribution >= 0.6 is 0 Å². The molecule has 1 atom stereocenters. The zero-order valence-electron chi connectivity index (χ0n) is 19.9. The molecule has 3 N–H and O–H groups in total. The number of anilines is 1. The van der Waals surface area contributed by atoms with E-state index >= 15 is 0 Å². The van der Waals surface area contributed by atoms with E-state index in [2.05, 4.69) is 21.9 Å². The van der Waals surface area contributed by atoms with Gasteiger partial charge in [-0.2, -0.15) is 0 Å². The molecule has 8 heteroatoms. The first-order valence-corrected chi connectivity index (χ1v) is 11.4. The molecule has 8 nitrogen and oxygen atoms in total. The van der Waals surface area contributed by atoms with Gasteiger partial charge in [0.05, 0.1) is 17.1 Å². The highest BCUT2D eigenvalue weighted by Crippen LogP contribution is 2.44. The monoisotopic (exact) mass is 469 g/mol. The molecule has 0 saturated heterocycles. The molecule has 35 heavy (non-hydrogen) atoms. The molecule has 1 amide bonds. The molecule has 0 saturated carbocycles. The van der Waals surface area contributed by atoms with Gasteiger partial charge in [-0.05, 0) is 56.2 Å². The lowest BCUT2D eigenvalue weighted by atomic mass is 9.98. The fourth-order valence-electron chi connectivity index (χ4n) is 4.34. The summed E-state index contributed by atoms with van der Waals surface area (Å²) in [4.78, 5) is 21.2. The zero-order valence-corrected chi connectivity index (χ0v) is 19.9. The summed E-state index contributed by atoms with van der Waals surface area (Å²) in [5.74, 6) is 1.87. The number of ether oxygens (including phenoxy) is 2. The fourth-order valence-corrected chi connectivity index (χ4v) is 4.34. The second-order valence-electron chi connectivity index (χ2n) is 9.46. The smallest absolute Gasteiger partial charge is 0.408 e. The molecule has 3 heterocycles. The molecular weight excluding hydrogens is 442 g/mol. The average Bonchev–Trinajstić information content (AvgIpc) is 3.29. The number of carbonyl (C=O) groups is 1. The van der Waals surface area contributed by atoms with Crippen LogP contribution in [0.25, 0.3) is 27.7 Å². The summed E-state index contributed by atoms with van der Waals surface area (Å²) in [6, 6.07) is 17.0. The molecule has 2 aromatic heterocycles. The summed E-state index contributed by atoms with van der Waals surface area (Å²) in [6.45, 7) is 10.3. The molecule has 1 aliphatic rings. The van der Waals surface area contributed by atoms with Gasteiger partial charge in [-0.1, -0.05) is 36.9 Å². The van der Waals surface area contributed by atoms with E-state index in [-0.39, 0.29) is 6.04 Å². The predicted molar refractivity (Wildman–Crippen MR) is 136 cm³/mol. The molecule has 0 bridgehead atoms. The lowest BCUT2D eigenvalue weighted by Gasteiger charge is -2.22. The van der Waals surface area contributed by atoms with Crippen LogP contribution in [0.3, 0.4) is 0 Å². The highest BCUT2D eigenvalue weighted by atomic mass is 16.6. The maximum atomic E-state index is 12.5. The minimum atomic E-state index is -0.595. The van der Waals surface area contributed by atoms with Gasteiger partial charge in [0.2, 0.25) is 0 Å². The largest absolute Gasteiger partial charge is 0.457 e. The number of nitrogens with two attached hydrogens (primary N) is 1. The first-order chi connectivity index (χ1) is 16.7. The lowest BCUT2D eigenvalue weighted by molar-refractivity contribution is 0.0515. The van der Waals surface area contributed by atoms with Crippen LogP contribution in [0.4, 0.5) is 10.6 Å². The number of carbonyl (C=O) groups excluding carboxylic acids is 1. The van der Waals surface area contributed by atoms with E-state index in [1.54, 1.807) is 0 Å². The molecule has 2 aromatic carbocycles. The summed E-state index contributed by atoms with van der Waals surface area (Å²) in [5, 5.41) is 3.70. The SMILES string of the molecule is C=C1c2c(-c3ccc(Oc4ccccc4)cc3)c3c(N)ncnc3n2CC1NC(=O)OC(C)(C)C. The van der Waals surface area contributed by atoms with Crippen molar-refractivity contribution in [3.8, 4) is 22.6 Å². The second kappa shape index (κ2) is 8.47. The Hall–Kier alpha value is -4.33. The minimum absolute atomic E-state index is 0.333. The number of amides is 1. The number of nitrogens with one attached hydrogen (secondary N) is 1. The van der Waals surface area contributed by atoms with Crippen molar-refractivity contribution in [2.24, 2.45) is 0 Å². The van der Waals surface area contributed by atoms with E-state index in [9.17, 15) is 4.79 Å². The number of rotatable bonds is 4. The second-order valence-corrected chi connectivity index (χ2v) is 9.46. The third-order valence-corrected chi connectivity index (χ3v) is 5.77. The van der Waals surface area contributed by atoms with Gasteiger partial charge < -0.3 is 25.1 Å². The minimum Gasteiger partial charge on any atom is -0.457 e. The Bertz CT molecular complexity index is 1420. The van der Waals surface area contributed by atoms with Gasteiger partial charge in [0.15, 0.2) is 0 Å². The number of aromatic nitrogens is 3. The maximum absolute atomic E-state index is 12.5. The normalized spacial score (nSPS) is 15.2. The summed E-state index contributed by atoms with van der Waals surface area (Å²) < 4.78 is 13.4. The Labute approximate surface area is 203 Å². The number of benzene rings is 2. The van der Waals surface area contributed by atoms with Gasteiger partial charge in [-0.3, -0.25) is 0 Å². The third-order valence-electron chi connectivity index (χ3n) is 5.77. The van der Waals surface area contributed by atoms with Crippen molar-refractivity contribution in [1.82, 2.24) is 19.9 Å². The van der Waals surface area contributed by atoms with Gasteiger partial charge in [0.1, 0.15) is 34.9 Å².